The third-order valence-electron chi connectivity index (χ3n) is 11.3. The van der Waals surface area contributed by atoms with Crippen LogP contribution in [0.5, 0.6) is 0 Å². The van der Waals surface area contributed by atoms with Gasteiger partial charge in [0, 0.05) is 55.5 Å². The summed E-state index contributed by atoms with van der Waals surface area (Å²) in [6.07, 6.45) is 13.9. The number of Topliss-reactive ketones (excluding diaryl/α,β-unsaturated/α-hetero) is 1. The van der Waals surface area contributed by atoms with Gasteiger partial charge in [0.1, 0.15) is 31.6 Å². The monoisotopic (exact) mass is 1180 g/mol. The summed E-state index contributed by atoms with van der Waals surface area (Å²) in [5.41, 5.74) is 7.72. The number of nitrogens with zero attached hydrogens (tertiary/aromatic N) is 5. The van der Waals surface area contributed by atoms with E-state index >= 15 is 0 Å². The molecule has 460 valence electrons. The minimum absolute atomic E-state index is 0.105. The first-order valence-electron chi connectivity index (χ1n) is 27.7. The molecule has 82 heavy (non-hydrogen) atoms. The van der Waals surface area contributed by atoms with Crippen molar-refractivity contribution in [1.29, 1.82) is 0 Å². The number of sulfone groups is 1. The molecule has 0 saturated carbocycles. The van der Waals surface area contributed by atoms with E-state index in [-0.39, 0.29) is 43.3 Å². The van der Waals surface area contributed by atoms with Gasteiger partial charge in [0.05, 0.1) is 123 Å². The number of ketones is 1. The van der Waals surface area contributed by atoms with Gasteiger partial charge in [-0.15, -0.1) is 5.10 Å². The maximum Gasteiger partial charge on any atom is 0.311 e. The lowest BCUT2D eigenvalue weighted by atomic mass is 9.97. The van der Waals surface area contributed by atoms with E-state index in [0.717, 1.165) is 17.5 Å². The van der Waals surface area contributed by atoms with Crippen LogP contribution in [0.2, 0.25) is 0 Å². The van der Waals surface area contributed by atoms with Crippen LogP contribution >= 0.6 is 0 Å². The van der Waals surface area contributed by atoms with Crippen molar-refractivity contribution in [2.24, 2.45) is 11.1 Å². The van der Waals surface area contributed by atoms with Crippen molar-refractivity contribution in [3.8, 4) is 0 Å². The van der Waals surface area contributed by atoms with Crippen molar-refractivity contribution in [3.05, 3.63) is 65.8 Å². The standard InChI is InChI=1S/C55H87N9O17S/c1-55(2,3)53(69)81-41-44-13-15-46(16-14-44)60-52(68)49(12-8-9-19-56)61-51(67)43-80-42-50(66)57-20-22-72-24-26-74-28-30-76-32-34-78-36-37-79-35-33-77-31-29-75-27-25-73-23-21-64-40-47(62-63-64)17-18-48(65)11-7-5-6-10-45-38-58-54(59-39-45)82(4,70)71/h6,10,13-16,38-40,49H,5,7-9,11-12,17-37,41-43,56H2,1-4H3,(H,57,66)(H,60,68)(H,61,67)/b10-6+/t49-/m0/s1. The Kier molecular flexibility index (Phi) is 37.0. The molecule has 2 aromatic heterocycles. The van der Waals surface area contributed by atoms with Crippen LogP contribution in [0.4, 0.5) is 5.69 Å². The number of allylic oxidation sites excluding steroid dienone is 1. The second kappa shape index (κ2) is 43.0. The van der Waals surface area contributed by atoms with Gasteiger partial charge in [-0.2, -0.15) is 0 Å². The SMILES string of the molecule is CC(C)(C)C(=O)OCc1ccc(NC(=O)[C@H](CCCCN)NC(=O)COCC(=O)NCCOCCOCCOCCOCCOCCOCCOCCOCCn2cc(CCC(=O)CCC/C=C/c3cnc(S(C)(=O)=O)nc3)nn2)cc1. The number of hydrogen-bond donors (Lipinski definition) is 4. The number of carbonyl (C=O) groups is 5. The topological polar surface area (TPSA) is 330 Å². The first kappa shape index (κ1) is 70.5. The predicted octanol–water partition coefficient (Wildman–Crippen LogP) is 2.46. The normalized spacial score (nSPS) is 12.2. The number of carbonyl (C=O) groups excluding carboxylic acids is 5. The van der Waals surface area contributed by atoms with E-state index in [0.29, 0.717) is 175 Å². The van der Waals surface area contributed by atoms with Crippen LogP contribution in [0.3, 0.4) is 0 Å². The van der Waals surface area contributed by atoms with E-state index in [1.54, 1.807) is 55.8 Å². The quantitative estimate of drug-likeness (QED) is 0.0358. The molecule has 0 aliphatic carbocycles. The summed E-state index contributed by atoms with van der Waals surface area (Å²) in [5.74, 6) is -1.55. The van der Waals surface area contributed by atoms with Crippen LogP contribution in [0.15, 0.2) is 54.1 Å². The molecule has 2 heterocycles. The number of aryl methyl sites for hydroxylation is 1. The minimum atomic E-state index is -3.44. The zero-order chi connectivity index (χ0) is 59.5. The summed E-state index contributed by atoms with van der Waals surface area (Å²) >= 11 is 0. The largest absolute Gasteiger partial charge is 0.460 e. The van der Waals surface area contributed by atoms with Gasteiger partial charge in [0.2, 0.25) is 32.7 Å². The Balaban J connectivity index is 1.02. The smallest absolute Gasteiger partial charge is 0.311 e. The summed E-state index contributed by atoms with van der Waals surface area (Å²) in [6, 6.07) is 6.01. The van der Waals surface area contributed by atoms with Gasteiger partial charge in [-0.05, 0) is 83.5 Å². The molecule has 26 nitrogen and oxygen atoms in total. The maximum absolute atomic E-state index is 13.1. The zero-order valence-corrected chi connectivity index (χ0v) is 49.0. The molecule has 0 fully saturated rings. The van der Waals surface area contributed by atoms with Crippen molar-refractivity contribution in [3.63, 3.8) is 0 Å². The molecule has 0 bridgehead atoms. The fourth-order valence-corrected chi connectivity index (χ4v) is 7.31. The van der Waals surface area contributed by atoms with E-state index in [1.165, 1.54) is 12.4 Å². The molecule has 3 aromatic rings. The summed E-state index contributed by atoms with van der Waals surface area (Å²) in [5, 5.41) is 16.2. The van der Waals surface area contributed by atoms with Crippen LogP contribution in [0, 0.1) is 5.41 Å². The average molecular weight is 1180 g/mol. The van der Waals surface area contributed by atoms with Gasteiger partial charge in [-0.25, -0.2) is 23.1 Å². The molecule has 0 radical (unpaired) electrons. The number of nitrogens with two attached hydrogens (primary N) is 1. The predicted molar refractivity (Wildman–Crippen MR) is 301 cm³/mol. The van der Waals surface area contributed by atoms with E-state index in [4.69, 9.17) is 53.1 Å². The van der Waals surface area contributed by atoms with E-state index in [9.17, 15) is 32.4 Å². The Morgan fingerprint density at radius 3 is 1.79 bits per heavy atom. The highest BCUT2D eigenvalue weighted by atomic mass is 32.2. The lowest BCUT2D eigenvalue weighted by molar-refractivity contribution is -0.154. The summed E-state index contributed by atoms with van der Waals surface area (Å²) in [4.78, 5) is 70.0. The van der Waals surface area contributed by atoms with Crippen LogP contribution in [0.1, 0.15) is 82.5 Å². The number of amides is 3. The van der Waals surface area contributed by atoms with Gasteiger partial charge in [-0.1, -0.05) is 29.5 Å². The molecule has 3 amide bonds. The fraction of sp³-hybridized carbons (Fsp3) is 0.655. The highest BCUT2D eigenvalue weighted by molar-refractivity contribution is 7.90. The molecule has 1 aromatic carbocycles. The molecule has 1 atom stereocenters. The molecule has 0 spiro atoms. The number of rotatable bonds is 49. The molecular formula is C55H87N9O17S. The number of hydrogen-bond acceptors (Lipinski definition) is 22. The Hall–Kier alpha value is -5.72. The molecule has 0 aliphatic heterocycles. The number of aromatic nitrogens is 5. The Labute approximate surface area is 481 Å². The van der Waals surface area contributed by atoms with Crippen molar-refractivity contribution >= 4 is 51.1 Å². The molecular weight excluding hydrogens is 1090 g/mol. The lowest BCUT2D eigenvalue weighted by Crippen LogP contribution is -2.45. The van der Waals surface area contributed by atoms with Crippen LogP contribution in [-0.4, -0.2) is 207 Å². The van der Waals surface area contributed by atoms with Crippen LogP contribution in [-0.2, 0) is 101 Å². The molecule has 5 N–H and O–H groups in total. The molecule has 0 saturated heterocycles. The Morgan fingerprint density at radius 2 is 1.24 bits per heavy atom. The van der Waals surface area contributed by atoms with Crippen molar-refractivity contribution < 1.29 is 79.8 Å². The van der Waals surface area contributed by atoms with Crippen molar-refractivity contribution in [1.82, 2.24) is 35.6 Å². The average Bonchev–Trinajstić information content (AvgIpc) is 3.91. The number of benzene rings is 1. The molecule has 27 heteroatoms. The Bertz CT molecular complexity index is 2390. The molecule has 3 rings (SSSR count). The van der Waals surface area contributed by atoms with E-state index in [1.807, 2.05) is 12.3 Å². The van der Waals surface area contributed by atoms with Gasteiger partial charge in [0.25, 0.3) is 0 Å². The minimum Gasteiger partial charge on any atom is -0.460 e. The van der Waals surface area contributed by atoms with E-state index < -0.39 is 45.6 Å². The summed E-state index contributed by atoms with van der Waals surface area (Å²) in [6.45, 7) is 12.3. The number of esters is 1. The number of ether oxygens (including phenoxy) is 10. The van der Waals surface area contributed by atoms with Crippen LogP contribution < -0.4 is 21.7 Å². The highest BCUT2D eigenvalue weighted by Crippen LogP contribution is 2.18. The lowest BCUT2D eigenvalue weighted by Gasteiger charge is -2.19. The second-order valence-corrected chi connectivity index (χ2v) is 21.4. The van der Waals surface area contributed by atoms with Gasteiger partial charge in [0.15, 0.2) is 0 Å². The highest BCUT2D eigenvalue weighted by Gasteiger charge is 2.24. The van der Waals surface area contributed by atoms with Crippen molar-refractivity contribution in [2.75, 3.05) is 144 Å². The van der Waals surface area contributed by atoms with Crippen LogP contribution in [0.25, 0.3) is 6.08 Å². The molecule has 0 aliphatic rings. The number of nitrogens with one attached hydrogen (secondary N) is 3. The van der Waals surface area contributed by atoms with Gasteiger partial charge in [-0.3, -0.25) is 24.0 Å². The molecule has 0 unspecified atom stereocenters. The summed E-state index contributed by atoms with van der Waals surface area (Å²) < 4.78 is 79.5. The Morgan fingerprint density at radius 1 is 0.695 bits per heavy atom. The number of unbranched alkanes of at least 4 members (excludes halogenated alkanes) is 2. The third-order valence-corrected chi connectivity index (χ3v) is 12.1. The van der Waals surface area contributed by atoms with Gasteiger partial charge < -0.3 is 69.1 Å². The van der Waals surface area contributed by atoms with Gasteiger partial charge >= 0.3 is 5.97 Å². The first-order valence-corrected chi connectivity index (χ1v) is 29.5. The summed E-state index contributed by atoms with van der Waals surface area (Å²) in [7, 11) is -3.44. The second-order valence-electron chi connectivity index (χ2n) is 19.5. The fourth-order valence-electron chi connectivity index (χ4n) is 6.82. The maximum atomic E-state index is 13.1. The third kappa shape index (κ3) is 35.3. The zero-order valence-electron chi connectivity index (χ0n) is 48.1. The van der Waals surface area contributed by atoms with E-state index in [2.05, 4.69) is 36.2 Å². The first-order chi connectivity index (χ1) is 39.5. The van der Waals surface area contributed by atoms with Crippen molar-refractivity contribution in [2.45, 2.75) is 96.5 Å². The number of anilines is 1.